The maximum absolute atomic E-state index is 11.5. The predicted octanol–water partition coefficient (Wildman–Crippen LogP) is 3.48. The normalized spacial score (nSPS) is 12.0. The molecule has 4 nitrogen and oxygen atoms in total. The van der Waals surface area contributed by atoms with Crippen molar-refractivity contribution in [2.45, 2.75) is 19.5 Å². The van der Waals surface area contributed by atoms with Crippen molar-refractivity contribution < 1.29 is 9.53 Å². The predicted molar refractivity (Wildman–Crippen MR) is 85.0 cm³/mol. The number of halogens is 1. The van der Waals surface area contributed by atoms with E-state index in [-0.39, 0.29) is 12.0 Å². The summed E-state index contributed by atoms with van der Waals surface area (Å²) in [6.45, 7) is 2.80. The van der Waals surface area contributed by atoms with Gasteiger partial charge < -0.3 is 10.1 Å². The minimum Gasteiger partial charge on any atom is -0.465 e. The molecular weight excluding hydrogens is 332 g/mol. The molecule has 0 aliphatic heterocycles. The summed E-state index contributed by atoms with van der Waals surface area (Å²) in [4.78, 5) is 15.5. The summed E-state index contributed by atoms with van der Waals surface area (Å²) >= 11 is 3.49. The van der Waals surface area contributed by atoms with Crippen LogP contribution in [0.5, 0.6) is 0 Å². The van der Waals surface area contributed by atoms with Gasteiger partial charge in [-0.2, -0.15) is 0 Å². The molecule has 0 saturated carbocycles. The summed E-state index contributed by atoms with van der Waals surface area (Å²) in [7, 11) is 1.38. The molecule has 1 aromatic carbocycles. The second kappa shape index (κ2) is 7.33. The van der Waals surface area contributed by atoms with E-state index >= 15 is 0 Å². The van der Waals surface area contributed by atoms with Gasteiger partial charge in [0.25, 0.3) is 0 Å². The first-order chi connectivity index (χ1) is 10.1. The Hall–Kier alpha value is -1.72. The highest BCUT2D eigenvalue weighted by molar-refractivity contribution is 9.10. The summed E-state index contributed by atoms with van der Waals surface area (Å²) in [6.07, 6.45) is 3.57. The van der Waals surface area contributed by atoms with Crippen molar-refractivity contribution in [3.63, 3.8) is 0 Å². The Morgan fingerprint density at radius 3 is 2.67 bits per heavy atom. The van der Waals surface area contributed by atoms with Crippen LogP contribution in [0.25, 0.3) is 0 Å². The molecule has 0 aliphatic carbocycles. The molecule has 0 bridgehead atoms. The summed E-state index contributed by atoms with van der Waals surface area (Å²) in [5.41, 5.74) is 2.81. The van der Waals surface area contributed by atoms with E-state index in [4.69, 9.17) is 4.74 Å². The Labute approximate surface area is 132 Å². The average molecular weight is 349 g/mol. The van der Waals surface area contributed by atoms with Crippen LogP contribution in [0.2, 0.25) is 0 Å². The maximum Gasteiger partial charge on any atom is 0.337 e. The molecule has 1 atom stereocenters. The molecule has 110 valence electrons. The molecule has 0 unspecified atom stereocenters. The van der Waals surface area contributed by atoms with E-state index in [1.165, 1.54) is 12.7 Å². The number of ether oxygens (including phenoxy) is 1. The van der Waals surface area contributed by atoms with Crippen LogP contribution in [-0.2, 0) is 11.3 Å². The number of methoxy groups -OCH3 is 1. The number of hydrogen-bond donors (Lipinski definition) is 1. The summed E-state index contributed by atoms with van der Waals surface area (Å²) in [5, 5.41) is 3.44. The van der Waals surface area contributed by atoms with E-state index < -0.39 is 0 Å². The molecule has 1 heterocycles. The van der Waals surface area contributed by atoms with E-state index in [9.17, 15) is 4.79 Å². The molecule has 21 heavy (non-hydrogen) atoms. The van der Waals surface area contributed by atoms with Crippen molar-refractivity contribution in [2.24, 2.45) is 0 Å². The van der Waals surface area contributed by atoms with Crippen molar-refractivity contribution in [3.8, 4) is 0 Å². The number of carbonyl (C=O) groups excluding carboxylic acids is 1. The summed E-state index contributed by atoms with van der Waals surface area (Å²) < 4.78 is 5.59. The molecule has 1 aromatic heterocycles. The number of pyridine rings is 1. The quantitative estimate of drug-likeness (QED) is 0.840. The number of esters is 1. The highest BCUT2D eigenvalue weighted by Crippen LogP contribution is 2.20. The van der Waals surface area contributed by atoms with Gasteiger partial charge in [0, 0.05) is 29.5 Å². The Kier molecular flexibility index (Phi) is 5.47. The first-order valence-electron chi connectivity index (χ1n) is 6.62. The standard InChI is InChI=1S/C16H17BrN2O2/c1-11(12-5-7-18-8-6-12)19-10-14-4-3-13(9-15(14)17)16(20)21-2/h3-9,11,19H,10H2,1-2H3/t11-/m1/s1. The van der Waals surface area contributed by atoms with Gasteiger partial charge in [-0.25, -0.2) is 4.79 Å². The van der Waals surface area contributed by atoms with Gasteiger partial charge in [0.1, 0.15) is 0 Å². The number of carbonyl (C=O) groups is 1. The molecule has 0 fully saturated rings. The fourth-order valence-corrected chi connectivity index (χ4v) is 2.49. The number of hydrogen-bond acceptors (Lipinski definition) is 4. The fraction of sp³-hybridized carbons (Fsp3) is 0.250. The molecule has 0 spiro atoms. The average Bonchev–Trinajstić information content (AvgIpc) is 2.53. The zero-order valence-electron chi connectivity index (χ0n) is 12.0. The van der Waals surface area contributed by atoms with Crippen molar-refractivity contribution in [1.29, 1.82) is 0 Å². The number of aromatic nitrogens is 1. The SMILES string of the molecule is COC(=O)c1ccc(CN[C@H](C)c2ccncc2)c(Br)c1. The van der Waals surface area contributed by atoms with Gasteiger partial charge in [-0.05, 0) is 42.3 Å². The highest BCUT2D eigenvalue weighted by Gasteiger charge is 2.10. The van der Waals surface area contributed by atoms with E-state index in [1.54, 1.807) is 24.5 Å². The second-order valence-corrected chi connectivity index (χ2v) is 5.54. The third kappa shape index (κ3) is 4.12. The minimum atomic E-state index is -0.333. The van der Waals surface area contributed by atoms with Gasteiger partial charge in [-0.3, -0.25) is 4.98 Å². The molecule has 0 aliphatic rings. The van der Waals surface area contributed by atoms with Crippen LogP contribution in [0, 0.1) is 0 Å². The van der Waals surface area contributed by atoms with Crippen molar-refractivity contribution in [2.75, 3.05) is 7.11 Å². The Balaban J connectivity index is 2.02. The lowest BCUT2D eigenvalue weighted by Gasteiger charge is -2.15. The van der Waals surface area contributed by atoms with E-state index in [0.717, 1.165) is 10.0 Å². The molecule has 5 heteroatoms. The highest BCUT2D eigenvalue weighted by atomic mass is 79.9. The van der Waals surface area contributed by atoms with E-state index in [2.05, 4.69) is 33.2 Å². The number of nitrogens with one attached hydrogen (secondary N) is 1. The minimum absolute atomic E-state index is 0.222. The van der Waals surface area contributed by atoms with Gasteiger partial charge in [0.05, 0.1) is 12.7 Å². The second-order valence-electron chi connectivity index (χ2n) is 4.68. The fourth-order valence-electron chi connectivity index (χ4n) is 1.97. The van der Waals surface area contributed by atoms with Gasteiger partial charge >= 0.3 is 5.97 Å². The van der Waals surface area contributed by atoms with Gasteiger partial charge in [-0.1, -0.05) is 22.0 Å². The van der Waals surface area contributed by atoms with Crippen molar-refractivity contribution in [3.05, 3.63) is 63.9 Å². The van der Waals surface area contributed by atoms with E-state index in [1.807, 2.05) is 18.2 Å². The van der Waals surface area contributed by atoms with Crippen LogP contribution in [0.15, 0.2) is 47.2 Å². The van der Waals surface area contributed by atoms with Crippen LogP contribution in [0.4, 0.5) is 0 Å². The van der Waals surface area contributed by atoms with Crippen molar-refractivity contribution in [1.82, 2.24) is 10.3 Å². The van der Waals surface area contributed by atoms with E-state index in [0.29, 0.717) is 12.1 Å². The van der Waals surface area contributed by atoms with Gasteiger partial charge in [0.15, 0.2) is 0 Å². The Morgan fingerprint density at radius 2 is 2.05 bits per heavy atom. The first kappa shape index (κ1) is 15.7. The summed E-state index contributed by atoms with van der Waals surface area (Å²) in [6, 6.07) is 9.67. The summed E-state index contributed by atoms with van der Waals surface area (Å²) in [5.74, 6) is -0.333. The lowest BCUT2D eigenvalue weighted by atomic mass is 10.1. The zero-order valence-corrected chi connectivity index (χ0v) is 13.6. The van der Waals surface area contributed by atoms with Crippen LogP contribution < -0.4 is 5.32 Å². The monoisotopic (exact) mass is 348 g/mol. The van der Waals surface area contributed by atoms with Crippen molar-refractivity contribution >= 4 is 21.9 Å². The first-order valence-corrected chi connectivity index (χ1v) is 7.41. The molecule has 0 radical (unpaired) electrons. The largest absolute Gasteiger partial charge is 0.465 e. The lowest BCUT2D eigenvalue weighted by molar-refractivity contribution is 0.0600. The molecule has 2 rings (SSSR count). The maximum atomic E-state index is 11.5. The molecule has 2 aromatic rings. The Bertz CT molecular complexity index is 617. The zero-order chi connectivity index (χ0) is 15.2. The molecule has 1 N–H and O–H groups in total. The van der Waals surface area contributed by atoms with Crippen LogP contribution in [0.1, 0.15) is 34.5 Å². The van der Waals surface area contributed by atoms with Gasteiger partial charge in [-0.15, -0.1) is 0 Å². The lowest BCUT2D eigenvalue weighted by Crippen LogP contribution is -2.18. The topological polar surface area (TPSA) is 51.2 Å². The molecular formula is C16H17BrN2O2. The van der Waals surface area contributed by atoms with Crippen LogP contribution in [-0.4, -0.2) is 18.1 Å². The number of nitrogens with zero attached hydrogens (tertiary/aromatic N) is 1. The number of benzene rings is 1. The van der Waals surface area contributed by atoms with Crippen LogP contribution in [0.3, 0.4) is 0 Å². The third-order valence-corrected chi connectivity index (χ3v) is 4.02. The molecule has 0 saturated heterocycles. The smallest absolute Gasteiger partial charge is 0.337 e. The number of rotatable bonds is 5. The molecule has 0 amide bonds. The van der Waals surface area contributed by atoms with Crippen LogP contribution >= 0.6 is 15.9 Å². The van der Waals surface area contributed by atoms with Gasteiger partial charge in [0.2, 0.25) is 0 Å². The Morgan fingerprint density at radius 1 is 1.33 bits per heavy atom. The third-order valence-electron chi connectivity index (χ3n) is 3.28.